The molecule has 0 radical (unpaired) electrons. The van der Waals surface area contributed by atoms with Gasteiger partial charge >= 0.3 is 0 Å². The maximum atomic E-state index is 13.4. The number of rotatable bonds is 3. The number of carbonyl (C=O) groups excluding carboxylic acids is 1. The monoisotopic (exact) mass is 375 g/mol. The number of nitrogens with one attached hydrogen (secondary N) is 1. The molecule has 2 aliphatic carbocycles. The highest BCUT2D eigenvalue weighted by Gasteiger charge is 2.54. The standard InChI is InChI=1S/C26H33NO/c1-18(2)19-11-13-22-20(17-19)12-14-23-25(22,3)15-8-16-26(23,4)24(28)27-21-9-6-5-7-10-21/h5-7,9-11,13,17-18,23H,8,12,14-16H2,1-4H3,(H,27,28)/t23-,25-,26+/m1/s1. The van der Waals surface area contributed by atoms with Crippen LogP contribution in [0.15, 0.2) is 48.5 Å². The number of hydrogen-bond acceptors (Lipinski definition) is 1. The molecule has 0 unspecified atom stereocenters. The minimum atomic E-state index is -0.322. The van der Waals surface area contributed by atoms with Gasteiger partial charge in [0.15, 0.2) is 0 Å². The molecule has 2 heteroatoms. The molecule has 0 aliphatic heterocycles. The Balaban J connectivity index is 1.67. The van der Waals surface area contributed by atoms with Crippen molar-refractivity contribution in [2.45, 2.75) is 71.1 Å². The molecule has 2 aromatic rings. The zero-order valence-electron chi connectivity index (χ0n) is 17.7. The van der Waals surface area contributed by atoms with Gasteiger partial charge in [-0.1, -0.05) is 70.5 Å². The molecule has 3 atom stereocenters. The van der Waals surface area contributed by atoms with Gasteiger partial charge in [0.05, 0.1) is 5.41 Å². The van der Waals surface area contributed by atoms with Crippen molar-refractivity contribution in [1.82, 2.24) is 0 Å². The summed E-state index contributed by atoms with van der Waals surface area (Å²) in [6, 6.07) is 17.0. The van der Waals surface area contributed by atoms with Gasteiger partial charge in [0.25, 0.3) is 0 Å². The zero-order valence-corrected chi connectivity index (χ0v) is 17.7. The fraction of sp³-hybridized carbons (Fsp3) is 0.500. The Morgan fingerprint density at radius 2 is 1.82 bits per heavy atom. The maximum Gasteiger partial charge on any atom is 0.230 e. The Morgan fingerprint density at radius 1 is 1.07 bits per heavy atom. The van der Waals surface area contributed by atoms with Crippen LogP contribution in [0.4, 0.5) is 5.69 Å². The van der Waals surface area contributed by atoms with E-state index in [1.165, 1.54) is 23.1 Å². The number of hydrogen-bond donors (Lipinski definition) is 1. The number of benzene rings is 2. The molecule has 2 nitrogen and oxygen atoms in total. The van der Waals surface area contributed by atoms with Gasteiger partial charge < -0.3 is 5.32 Å². The average molecular weight is 376 g/mol. The highest BCUT2D eigenvalue weighted by Crippen LogP contribution is 2.57. The van der Waals surface area contributed by atoms with E-state index in [2.05, 4.69) is 51.2 Å². The van der Waals surface area contributed by atoms with Gasteiger partial charge in [-0.15, -0.1) is 0 Å². The van der Waals surface area contributed by atoms with Crippen molar-refractivity contribution < 1.29 is 4.79 Å². The van der Waals surface area contributed by atoms with E-state index in [9.17, 15) is 4.79 Å². The van der Waals surface area contributed by atoms with Crippen LogP contribution in [0.1, 0.15) is 76.0 Å². The quantitative estimate of drug-likeness (QED) is 0.655. The van der Waals surface area contributed by atoms with Crippen LogP contribution in [-0.4, -0.2) is 5.91 Å². The van der Waals surface area contributed by atoms with Crippen molar-refractivity contribution in [3.8, 4) is 0 Å². The third-order valence-corrected chi connectivity index (χ3v) is 7.59. The highest BCUT2D eigenvalue weighted by molar-refractivity contribution is 5.95. The summed E-state index contributed by atoms with van der Waals surface area (Å²) >= 11 is 0. The lowest BCUT2D eigenvalue weighted by molar-refractivity contribution is -0.133. The van der Waals surface area contributed by atoms with Crippen molar-refractivity contribution in [1.29, 1.82) is 0 Å². The van der Waals surface area contributed by atoms with Crippen LogP contribution < -0.4 is 5.32 Å². The number of amides is 1. The summed E-state index contributed by atoms with van der Waals surface area (Å²) < 4.78 is 0. The van der Waals surface area contributed by atoms with Gasteiger partial charge in [-0.3, -0.25) is 4.79 Å². The first kappa shape index (κ1) is 19.2. The van der Waals surface area contributed by atoms with Crippen LogP contribution in [0.5, 0.6) is 0 Å². The van der Waals surface area contributed by atoms with E-state index in [1.807, 2.05) is 30.3 Å². The Hall–Kier alpha value is -2.09. The normalized spacial score (nSPS) is 29.1. The Bertz CT molecular complexity index is 871. The summed E-state index contributed by atoms with van der Waals surface area (Å²) in [5, 5.41) is 3.21. The summed E-state index contributed by atoms with van der Waals surface area (Å²) in [5.41, 5.74) is 5.10. The van der Waals surface area contributed by atoms with Gasteiger partial charge in [0.2, 0.25) is 5.91 Å². The summed E-state index contributed by atoms with van der Waals surface area (Å²) in [6.07, 6.45) is 5.45. The van der Waals surface area contributed by atoms with Crippen LogP contribution in [0.2, 0.25) is 0 Å². The third-order valence-electron chi connectivity index (χ3n) is 7.59. The summed E-state index contributed by atoms with van der Waals surface area (Å²) in [7, 11) is 0. The van der Waals surface area contributed by atoms with Gasteiger partial charge in [-0.05, 0) is 71.8 Å². The lowest BCUT2D eigenvalue weighted by atomic mass is 9.49. The number of anilines is 1. The Kier molecular flexibility index (Phi) is 4.85. The molecule has 0 spiro atoms. The predicted molar refractivity (Wildman–Crippen MR) is 117 cm³/mol. The first-order valence-corrected chi connectivity index (χ1v) is 10.8. The lowest BCUT2D eigenvalue weighted by Crippen LogP contribution is -2.53. The van der Waals surface area contributed by atoms with Crippen LogP contribution in [0.3, 0.4) is 0 Å². The summed E-state index contributed by atoms with van der Waals surface area (Å²) in [5.74, 6) is 1.14. The molecule has 148 valence electrons. The second-order valence-electron chi connectivity index (χ2n) is 9.67. The topological polar surface area (TPSA) is 29.1 Å². The number of fused-ring (bicyclic) bond motifs is 3. The van der Waals surface area contributed by atoms with Gasteiger partial charge in [-0.25, -0.2) is 0 Å². The minimum absolute atomic E-state index is 0.0874. The van der Waals surface area contributed by atoms with Crippen LogP contribution >= 0.6 is 0 Å². The molecule has 1 saturated carbocycles. The molecular formula is C26H33NO. The number of aryl methyl sites for hydroxylation is 1. The second-order valence-corrected chi connectivity index (χ2v) is 9.67. The third kappa shape index (κ3) is 3.07. The van der Waals surface area contributed by atoms with Crippen molar-refractivity contribution in [2.75, 3.05) is 5.32 Å². The van der Waals surface area contributed by atoms with Crippen molar-refractivity contribution in [2.24, 2.45) is 11.3 Å². The smallest absolute Gasteiger partial charge is 0.230 e. The Morgan fingerprint density at radius 3 is 2.54 bits per heavy atom. The highest BCUT2D eigenvalue weighted by atomic mass is 16.2. The van der Waals surface area contributed by atoms with E-state index in [-0.39, 0.29) is 16.7 Å². The fourth-order valence-electron chi connectivity index (χ4n) is 5.94. The molecule has 2 aliphatic rings. The van der Waals surface area contributed by atoms with E-state index in [4.69, 9.17) is 0 Å². The SMILES string of the molecule is CC(C)c1ccc2c(c1)CC[C@H]1[C@@](C)(C(=O)Nc3ccccc3)CCC[C@]21C. The lowest BCUT2D eigenvalue weighted by Gasteiger charge is -2.54. The second kappa shape index (κ2) is 7.06. The molecule has 1 fully saturated rings. The minimum Gasteiger partial charge on any atom is -0.326 e. The Labute approximate surface area is 169 Å². The molecule has 4 rings (SSSR count). The first-order valence-electron chi connectivity index (χ1n) is 10.8. The van der Waals surface area contributed by atoms with Crippen molar-refractivity contribution in [3.63, 3.8) is 0 Å². The molecule has 0 heterocycles. The maximum absolute atomic E-state index is 13.4. The van der Waals surface area contributed by atoms with Gasteiger partial charge in [0, 0.05) is 5.69 Å². The van der Waals surface area contributed by atoms with E-state index >= 15 is 0 Å². The molecule has 2 aromatic carbocycles. The predicted octanol–water partition coefficient (Wildman–Crippen LogP) is 6.46. The van der Waals surface area contributed by atoms with E-state index in [0.29, 0.717) is 11.8 Å². The summed E-state index contributed by atoms with van der Waals surface area (Å²) in [6.45, 7) is 9.15. The van der Waals surface area contributed by atoms with Crippen LogP contribution in [0.25, 0.3) is 0 Å². The van der Waals surface area contributed by atoms with Crippen molar-refractivity contribution in [3.05, 3.63) is 65.2 Å². The number of carbonyl (C=O) groups is 1. The van der Waals surface area contributed by atoms with Crippen LogP contribution in [-0.2, 0) is 16.6 Å². The van der Waals surface area contributed by atoms with Crippen molar-refractivity contribution >= 4 is 11.6 Å². The molecule has 28 heavy (non-hydrogen) atoms. The number of para-hydroxylation sites is 1. The zero-order chi connectivity index (χ0) is 19.9. The molecule has 1 N–H and O–H groups in total. The first-order chi connectivity index (χ1) is 13.3. The largest absolute Gasteiger partial charge is 0.326 e. The fourth-order valence-corrected chi connectivity index (χ4v) is 5.94. The van der Waals surface area contributed by atoms with E-state index < -0.39 is 0 Å². The molecule has 0 saturated heterocycles. The molecule has 0 bridgehead atoms. The van der Waals surface area contributed by atoms with Gasteiger partial charge in [-0.2, -0.15) is 0 Å². The molecule has 1 amide bonds. The van der Waals surface area contributed by atoms with E-state index in [1.54, 1.807) is 0 Å². The van der Waals surface area contributed by atoms with Gasteiger partial charge in [0.1, 0.15) is 0 Å². The average Bonchev–Trinajstić information content (AvgIpc) is 2.68. The van der Waals surface area contributed by atoms with E-state index in [0.717, 1.165) is 31.4 Å². The van der Waals surface area contributed by atoms with Crippen LogP contribution in [0, 0.1) is 11.3 Å². The molecular weight excluding hydrogens is 342 g/mol. The molecule has 0 aromatic heterocycles. The summed E-state index contributed by atoms with van der Waals surface area (Å²) in [4.78, 5) is 13.4.